The summed E-state index contributed by atoms with van der Waals surface area (Å²) < 4.78 is 24.3. The third-order valence-corrected chi connectivity index (χ3v) is 5.97. The number of carbonyl (C=O) groups is 2. The highest BCUT2D eigenvalue weighted by molar-refractivity contribution is 6.24. The van der Waals surface area contributed by atoms with E-state index in [0.717, 1.165) is 4.90 Å². The van der Waals surface area contributed by atoms with E-state index in [9.17, 15) is 14.0 Å². The second-order valence-corrected chi connectivity index (χ2v) is 7.76. The zero-order chi connectivity index (χ0) is 23.1. The summed E-state index contributed by atoms with van der Waals surface area (Å²) >= 11 is 0. The third kappa shape index (κ3) is 3.39. The molecule has 3 aromatic rings. The lowest BCUT2D eigenvalue weighted by atomic mass is 9.90. The fourth-order valence-corrected chi connectivity index (χ4v) is 4.42. The van der Waals surface area contributed by atoms with E-state index in [1.165, 1.54) is 26.4 Å². The van der Waals surface area contributed by atoms with E-state index in [2.05, 4.69) is 0 Å². The molecule has 0 radical (unpaired) electrons. The van der Waals surface area contributed by atoms with Gasteiger partial charge in [0, 0.05) is 6.07 Å². The maximum absolute atomic E-state index is 13.7. The number of imide groups is 1. The van der Waals surface area contributed by atoms with Gasteiger partial charge in [0.1, 0.15) is 23.2 Å². The van der Waals surface area contributed by atoms with Crippen molar-refractivity contribution in [3.63, 3.8) is 0 Å². The first kappa shape index (κ1) is 21.0. The van der Waals surface area contributed by atoms with Crippen molar-refractivity contribution in [2.24, 2.45) is 5.92 Å². The molecular formula is C25H21FN2O5. The fraction of sp³-hybridized carbons (Fsp3) is 0.200. The zero-order valence-electron chi connectivity index (χ0n) is 18.0. The number of amides is 2. The van der Waals surface area contributed by atoms with E-state index in [1.54, 1.807) is 35.4 Å². The molecule has 0 aromatic heterocycles. The molecule has 5 rings (SSSR count). The number of fused-ring (bicyclic) bond motifs is 1. The molecule has 33 heavy (non-hydrogen) atoms. The molecule has 2 fully saturated rings. The lowest BCUT2D eigenvalue weighted by Crippen LogP contribution is -2.37. The summed E-state index contributed by atoms with van der Waals surface area (Å²) in [6.45, 7) is 0. The van der Waals surface area contributed by atoms with Gasteiger partial charge in [-0.05, 0) is 42.0 Å². The van der Waals surface area contributed by atoms with Crippen molar-refractivity contribution < 1.29 is 28.3 Å². The van der Waals surface area contributed by atoms with Gasteiger partial charge in [-0.3, -0.25) is 14.4 Å². The van der Waals surface area contributed by atoms with Crippen LogP contribution in [0.15, 0.2) is 72.8 Å². The van der Waals surface area contributed by atoms with Crippen LogP contribution in [0, 0.1) is 11.7 Å². The lowest BCUT2D eigenvalue weighted by Gasteiger charge is -2.29. The monoisotopic (exact) mass is 448 g/mol. The van der Waals surface area contributed by atoms with E-state index in [-0.39, 0.29) is 5.82 Å². The molecule has 8 heteroatoms. The summed E-state index contributed by atoms with van der Waals surface area (Å²) in [5, 5.41) is 1.57. The number of benzene rings is 3. The van der Waals surface area contributed by atoms with Gasteiger partial charge in [-0.2, -0.15) is 0 Å². The highest BCUT2D eigenvalue weighted by Gasteiger charge is 2.60. The Hall–Kier alpha value is -3.91. The third-order valence-electron chi connectivity index (χ3n) is 5.97. The quantitative estimate of drug-likeness (QED) is 0.552. The van der Waals surface area contributed by atoms with Crippen LogP contribution in [-0.4, -0.2) is 32.1 Å². The molecule has 0 aliphatic carbocycles. The number of hydroxylamine groups is 1. The minimum absolute atomic E-state index is 0.315. The normalized spacial score (nSPS) is 22.0. The molecule has 2 heterocycles. The first-order valence-electron chi connectivity index (χ1n) is 10.4. The van der Waals surface area contributed by atoms with Crippen LogP contribution in [0.25, 0.3) is 0 Å². The van der Waals surface area contributed by atoms with Crippen LogP contribution >= 0.6 is 0 Å². The molecule has 0 N–H and O–H groups in total. The number of nitrogens with zero attached hydrogens (tertiary/aromatic N) is 2. The maximum Gasteiger partial charge on any atom is 0.266 e. The highest BCUT2D eigenvalue weighted by atomic mass is 19.1. The summed E-state index contributed by atoms with van der Waals surface area (Å²) in [6.07, 6.45) is -1.03. The van der Waals surface area contributed by atoms with Gasteiger partial charge < -0.3 is 9.47 Å². The van der Waals surface area contributed by atoms with E-state index in [4.69, 9.17) is 14.3 Å². The average Bonchev–Trinajstić information content (AvgIpc) is 3.35. The number of ether oxygens (including phenoxy) is 2. The van der Waals surface area contributed by atoms with E-state index in [0.29, 0.717) is 28.4 Å². The zero-order valence-corrected chi connectivity index (χ0v) is 18.0. The van der Waals surface area contributed by atoms with E-state index >= 15 is 0 Å². The Balaban J connectivity index is 1.58. The van der Waals surface area contributed by atoms with Crippen LogP contribution in [0.5, 0.6) is 11.5 Å². The Morgan fingerprint density at radius 1 is 0.879 bits per heavy atom. The summed E-state index contributed by atoms with van der Waals surface area (Å²) in [6, 6.07) is 19.3. The molecule has 0 unspecified atom stereocenters. The smallest absolute Gasteiger partial charge is 0.266 e. The maximum atomic E-state index is 13.7. The first-order chi connectivity index (χ1) is 16.0. The van der Waals surface area contributed by atoms with Gasteiger partial charge in [0.15, 0.2) is 6.10 Å². The van der Waals surface area contributed by atoms with Crippen molar-refractivity contribution >= 4 is 23.2 Å². The van der Waals surface area contributed by atoms with Crippen LogP contribution in [0.1, 0.15) is 11.6 Å². The Bertz CT molecular complexity index is 1200. The predicted molar refractivity (Wildman–Crippen MR) is 118 cm³/mol. The van der Waals surface area contributed by atoms with Gasteiger partial charge in [0.25, 0.3) is 5.91 Å². The van der Waals surface area contributed by atoms with Crippen LogP contribution in [-0.2, 0) is 14.4 Å². The number of para-hydroxylation sites is 1. The molecule has 0 saturated carbocycles. The van der Waals surface area contributed by atoms with Crippen molar-refractivity contribution in [2.75, 3.05) is 24.2 Å². The van der Waals surface area contributed by atoms with Crippen LogP contribution in [0.3, 0.4) is 0 Å². The Morgan fingerprint density at radius 3 is 2.27 bits per heavy atom. The second kappa shape index (κ2) is 8.22. The van der Waals surface area contributed by atoms with Crippen molar-refractivity contribution in [2.45, 2.75) is 12.1 Å². The summed E-state index contributed by atoms with van der Waals surface area (Å²) in [5.41, 5.74) is 1.67. The second-order valence-electron chi connectivity index (χ2n) is 7.76. The van der Waals surface area contributed by atoms with Gasteiger partial charge in [0.05, 0.1) is 31.6 Å². The number of rotatable bonds is 5. The fourth-order valence-electron chi connectivity index (χ4n) is 4.42. The van der Waals surface area contributed by atoms with Crippen LogP contribution in [0.2, 0.25) is 0 Å². The lowest BCUT2D eigenvalue weighted by molar-refractivity contribution is -0.126. The number of methoxy groups -OCH3 is 2. The summed E-state index contributed by atoms with van der Waals surface area (Å²) in [4.78, 5) is 34.3. The SMILES string of the molecule is COc1ccc(N2C(=O)[C@H]3[C@@H](ON(c4ccccc4)[C@H]3c3ccc(F)cc3)C2=O)c(OC)c1. The molecule has 168 valence electrons. The van der Waals surface area contributed by atoms with Gasteiger partial charge >= 0.3 is 0 Å². The molecule has 0 spiro atoms. The number of anilines is 2. The predicted octanol–water partition coefficient (Wildman–Crippen LogP) is 3.89. The Labute approximate surface area is 189 Å². The largest absolute Gasteiger partial charge is 0.497 e. The molecule has 7 nitrogen and oxygen atoms in total. The van der Waals surface area contributed by atoms with Crippen molar-refractivity contribution in [1.82, 2.24) is 0 Å². The van der Waals surface area contributed by atoms with Gasteiger partial charge in [-0.1, -0.05) is 30.3 Å². The molecule has 3 atom stereocenters. The molecule has 2 saturated heterocycles. The summed E-state index contributed by atoms with van der Waals surface area (Å²) in [7, 11) is 2.98. The topological polar surface area (TPSA) is 68.3 Å². The number of hydrogen-bond acceptors (Lipinski definition) is 6. The highest BCUT2D eigenvalue weighted by Crippen LogP contribution is 2.48. The molecule has 0 bridgehead atoms. The minimum atomic E-state index is -1.03. The molecule has 2 aliphatic heterocycles. The first-order valence-corrected chi connectivity index (χ1v) is 10.4. The number of carbonyl (C=O) groups excluding carboxylic acids is 2. The van der Waals surface area contributed by atoms with Crippen molar-refractivity contribution in [1.29, 1.82) is 0 Å². The molecule has 3 aromatic carbocycles. The van der Waals surface area contributed by atoms with Crippen molar-refractivity contribution in [3.05, 3.63) is 84.2 Å². The van der Waals surface area contributed by atoms with Gasteiger partial charge in [0.2, 0.25) is 5.91 Å². The van der Waals surface area contributed by atoms with Gasteiger partial charge in [-0.15, -0.1) is 0 Å². The van der Waals surface area contributed by atoms with Crippen LogP contribution < -0.4 is 19.4 Å². The Morgan fingerprint density at radius 2 is 1.61 bits per heavy atom. The summed E-state index contributed by atoms with van der Waals surface area (Å²) in [5.74, 6) is -1.26. The standard InChI is InChI=1S/C25H21FN2O5/c1-31-18-12-13-19(20(14-18)32-2)27-24(29)21-22(15-8-10-16(26)11-9-15)28(33-23(21)25(27)30)17-6-4-3-5-7-17/h3-14,21-23H,1-2H3/t21-,22+,23-/m1/s1. The number of hydrogen-bond donors (Lipinski definition) is 0. The number of halogens is 1. The Kier molecular flexibility index (Phi) is 5.22. The van der Waals surface area contributed by atoms with Gasteiger partial charge in [-0.25, -0.2) is 14.4 Å². The van der Waals surface area contributed by atoms with Crippen LogP contribution in [0.4, 0.5) is 15.8 Å². The van der Waals surface area contributed by atoms with Crippen molar-refractivity contribution in [3.8, 4) is 11.5 Å². The molecular weight excluding hydrogens is 427 g/mol. The van der Waals surface area contributed by atoms with E-state index < -0.39 is 29.9 Å². The molecule has 2 aliphatic rings. The average molecular weight is 448 g/mol. The molecule has 2 amide bonds. The van der Waals surface area contributed by atoms with E-state index in [1.807, 2.05) is 30.3 Å². The minimum Gasteiger partial charge on any atom is -0.497 e.